The van der Waals surface area contributed by atoms with Gasteiger partial charge in [0.15, 0.2) is 5.84 Å². The Morgan fingerprint density at radius 3 is 2.31 bits per heavy atom. The molecule has 1 fully saturated rings. The van der Waals surface area contributed by atoms with Crippen LogP contribution in [0.2, 0.25) is 0 Å². The number of aromatic nitrogens is 2. The number of ether oxygens (including phenoxy) is 1. The summed E-state index contributed by atoms with van der Waals surface area (Å²) in [6.07, 6.45) is -1.77. The second kappa shape index (κ2) is 8.66. The molecule has 0 unspecified atom stereocenters. The van der Waals surface area contributed by atoms with Crippen LogP contribution in [-0.2, 0) is 0 Å². The molecule has 3 aromatic rings. The molecule has 1 aliphatic carbocycles. The van der Waals surface area contributed by atoms with E-state index >= 15 is 0 Å². The highest BCUT2D eigenvalue weighted by Gasteiger charge is 2.40. The highest BCUT2D eigenvalue weighted by molar-refractivity contribution is 6.00. The minimum atomic E-state index is -4.75. The molecule has 1 saturated carbocycles. The number of amidine groups is 1. The van der Waals surface area contributed by atoms with E-state index in [4.69, 9.17) is 15.9 Å². The molecule has 1 aromatic heterocycles. The zero-order chi connectivity index (χ0) is 25.6. The first-order chi connectivity index (χ1) is 16.3. The van der Waals surface area contributed by atoms with Crippen molar-refractivity contribution < 1.29 is 23.1 Å². The van der Waals surface area contributed by atoms with Crippen molar-refractivity contribution >= 4 is 28.5 Å². The standard InChI is InChI=1S/C25H30F3N5O2/c1-23(2)12-17(13-24(3,4)14-23)33-20-10-5-15(21(29)32-34)11-19(20)31-22(33)30-16-6-8-18(9-7-16)35-25(26,27)28/h5-11,17,34H,12-14H2,1-4H3,(H2,29,32)(H,30,31). The normalized spacial score (nSPS) is 18.5. The highest BCUT2D eigenvalue weighted by atomic mass is 19.4. The van der Waals surface area contributed by atoms with Crippen molar-refractivity contribution in [3.05, 3.63) is 48.0 Å². The minimum absolute atomic E-state index is 0.0175. The van der Waals surface area contributed by atoms with Gasteiger partial charge in [0.05, 0.1) is 11.0 Å². The third-order valence-electron chi connectivity index (χ3n) is 6.34. The van der Waals surface area contributed by atoms with E-state index in [0.717, 1.165) is 24.8 Å². The third kappa shape index (κ3) is 5.63. The lowest BCUT2D eigenvalue weighted by Gasteiger charge is -2.45. The first kappa shape index (κ1) is 24.7. The van der Waals surface area contributed by atoms with Crippen molar-refractivity contribution in [2.45, 2.75) is 59.4 Å². The van der Waals surface area contributed by atoms with Gasteiger partial charge < -0.3 is 25.6 Å². The van der Waals surface area contributed by atoms with Crippen molar-refractivity contribution in [1.29, 1.82) is 0 Å². The number of nitrogens with one attached hydrogen (secondary N) is 1. The van der Waals surface area contributed by atoms with Gasteiger partial charge in [-0.25, -0.2) is 4.98 Å². The van der Waals surface area contributed by atoms with Crippen molar-refractivity contribution in [2.75, 3.05) is 5.32 Å². The summed E-state index contributed by atoms with van der Waals surface area (Å²) in [7, 11) is 0. The highest BCUT2D eigenvalue weighted by Crippen LogP contribution is 2.51. The Hall–Kier alpha value is -3.43. The molecular formula is C25H30F3N5O2. The molecule has 35 heavy (non-hydrogen) atoms. The van der Waals surface area contributed by atoms with Crippen molar-refractivity contribution in [3.8, 4) is 5.75 Å². The Balaban J connectivity index is 1.76. The molecule has 188 valence electrons. The largest absolute Gasteiger partial charge is 0.573 e. The van der Waals surface area contributed by atoms with Gasteiger partial charge in [0, 0.05) is 17.3 Å². The molecule has 0 aliphatic heterocycles. The van der Waals surface area contributed by atoms with Crippen LogP contribution < -0.4 is 15.8 Å². The first-order valence-electron chi connectivity index (χ1n) is 11.4. The molecule has 7 nitrogen and oxygen atoms in total. The number of imidazole rings is 1. The Bertz CT molecular complexity index is 1230. The van der Waals surface area contributed by atoms with Gasteiger partial charge in [0.2, 0.25) is 5.95 Å². The van der Waals surface area contributed by atoms with Gasteiger partial charge in [0.1, 0.15) is 5.75 Å². The summed E-state index contributed by atoms with van der Waals surface area (Å²) in [5, 5.41) is 15.4. The van der Waals surface area contributed by atoms with Gasteiger partial charge in [0.25, 0.3) is 0 Å². The number of halogens is 3. The number of fused-ring (bicyclic) bond motifs is 1. The summed E-state index contributed by atoms with van der Waals surface area (Å²) in [6.45, 7) is 9.07. The number of rotatable bonds is 5. The van der Waals surface area contributed by atoms with E-state index in [1.807, 2.05) is 6.07 Å². The quantitative estimate of drug-likeness (QED) is 0.163. The summed E-state index contributed by atoms with van der Waals surface area (Å²) in [5.74, 6) is 0.256. The second-order valence-corrected chi connectivity index (χ2v) is 10.8. The predicted octanol–water partition coefficient (Wildman–Crippen LogP) is 6.55. The van der Waals surface area contributed by atoms with Crippen LogP contribution in [0.3, 0.4) is 0 Å². The third-order valence-corrected chi connectivity index (χ3v) is 6.34. The molecule has 10 heteroatoms. The summed E-state index contributed by atoms with van der Waals surface area (Å²) < 4.78 is 43.7. The number of alkyl halides is 3. The van der Waals surface area contributed by atoms with Crippen LogP contribution in [0, 0.1) is 10.8 Å². The Morgan fingerprint density at radius 2 is 1.74 bits per heavy atom. The fourth-order valence-corrected chi connectivity index (χ4v) is 5.61. The molecule has 0 amide bonds. The Morgan fingerprint density at radius 1 is 1.11 bits per heavy atom. The van der Waals surface area contributed by atoms with Crippen LogP contribution in [0.25, 0.3) is 11.0 Å². The molecule has 0 bridgehead atoms. The van der Waals surface area contributed by atoms with Gasteiger partial charge in [-0.3, -0.25) is 0 Å². The topological polar surface area (TPSA) is 97.7 Å². The van der Waals surface area contributed by atoms with E-state index in [9.17, 15) is 13.2 Å². The summed E-state index contributed by atoms with van der Waals surface area (Å²) >= 11 is 0. The molecule has 1 aliphatic rings. The average Bonchev–Trinajstić information content (AvgIpc) is 3.08. The predicted molar refractivity (Wildman–Crippen MR) is 129 cm³/mol. The minimum Gasteiger partial charge on any atom is -0.409 e. The van der Waals surface area contributed by atoms with Gasteiger partial charge >= 0.3 is 6.36 Å². The fourth-order valence-electron chi connectivity index (χ4n) is 5.61. The number of nitrogens with zero attached hydrogens (tertiary/aromatic N) is 3. The van der Waals surface area contributed by atoms with Gasteiger partial charge in [-0.05, 0) is 72.6 Å². The maximum absolute atomic E-state index is 12.5. The fraction of sp³-hybridized carbons (Fsp3) is 0.440. The smallest absolute Gasteiger partial charge is 0.409 e. The average molecular weight is 490 g/mol. The number of hydrogen-bond acceptors (Lipinski definition) is 5. The lowest BCUT2D eigenvalue weighted by Crippen LogP contribution is -2.35. The number of anilines is 2. The second-order valence-electron chi connectivity index (χ2n) is 10.8. The molecule has 2 aromatic carbocycles. The van der Waals surface area contributed by atoms with E-state index < -0.39 is 6.36 Å². The Kier molecular flexibility index (Phi) is 6.11. The molecule has 0 radical (unpaired) electrons. The first-order valence-corrected chi connectivity index (χ1v) is 11.4. The molecular weight excluding hydrogens is 459 g/mol. The van der Waals surface area contributed by atoms with Gasteiger partial charge in [-0.1, -0.05) is 32.9 Å². The van der Waals surface area contributed by atoms with Gasteiger partial charge in [-0.2, -0.15) is 0 Å². The molecule has 1 heterocycles. The molecule has 0 atom stereocenters. The van der Waals surface area contributed by atoms with E-state index in [1.165, 1.54) is 24.3 Å². The van der Waals surface area contributed by atoms with Crippen LogP contribution in [0.1, 0.15) is 58.6 Å². The monoisotopic (exact) mass is 489 g/mol. The molecule has 0 spiro atoms. The summed E-state index contributed by atoms with van der Waals surface area (Å²) in [4.78, 5) is 4.79. The van der Waals surface area contributed by atoms with Crippen molar-refractivity contribution in [2.24, 2.45) is 21.7 Å². The number of nitrogens with two attached hydrogens (primary N) is 1. The zero-order valence-corrected chi connectivity index (χ0v) is 20.1. The van der Waals surface area contributed by atoms with Crippen LogP contribution in [0.15, 0.2) is 47.6 Å². The van der Waals surface area contributed by atoms with E-state index in [2.05, 4.69) is 47.5 Å². The molecule has 4 N–H and O–H groups in total. The van der Waals surface area contributed by atoms with Gasteiger partial charge in [-0.15, -0.1) is 13.2 Å². The van der Waals surface area contributed by atoms with Crippen LogP contribution in [-0.4, -0.2) is 27.0 Å². The van der Waals surface area contributed by atoms with Crippen molar-refractivity contribution in [3.63, 3.8) is 0 Å². The molecule has 4 rings (SSSR count). The maximum Gasteiger partial charge on any atom is 0.573 e. The molecule has 0 saturated heterocycles. The lowest BCUT2D eigenvalue weighted by atomic mass is 9.63. The SMILES string of the molecule is CC1(C)CC(n2c(Nc3ccc(OC(F)(F)F)cc3)nc3cc(/C(N)=N/O)ccc32)CC(C)(C)C1. The lowest BCUT2D eigenvalue weighted by molar-refractivity contribution is -0.274. The summed E-state index contributed by atoms with van der Waals surface area (Å²) in [6, 6.07) is 11.1. The maximum atomic E-state index is 12.5. The van der Waals surface area contributed by atoms with E-state index in [1.54, 1.807) is 12.1 Å². The number of hydrogen-bond donors (Lipinski definition) is 3. The number of oxime groups is 1. The number of benzene rings is 2. The Labute approximate surface area is 201 Å². The van der Waals surface area contributed by atoms with Crippen LogP contribution in [0.5, 0.6) is 5.75 Å². The van der Waals surface area contributed by atoms with Crippen LogP contribution in [0.4, 0.5) is 24.8 Å². The van der Waals surface area contributed by atoms with Crippen molar-refractivity contribution in [1.82, 2.24) is 9.55 Å². The zero-order valence-electron chi connectivity index (χ0n) is 20.1. The summed E-state index contributed by atoms with van der Waals surface area (Å²) in [5.41, 5.74) is 8.67. The van der Waals surface area contributed by atoms with E-state index in [0.29, 0.717) is 22.7 Å². The van der Waals surface area contributed by atoms with Crippen LogP contribution >= 0.6 is 0 Å². The van der Waals surface area contributed by atoms with E-state index in [-0.39, 0.29) is 28.5 Å².